The second-order valence-corrected chi connectivity index (χ2v) is 5.04. The molecule has 3 nitrogen and oxygen atoms in total. The lowest BCUT2D eigenvalue weighted by Gasteiger charge is -2.01. The molecular formula is C16H14ClNO2. The fourth-order valence-electron chi connectivity index (χ4n) is 2.08. The zero-order valence-corrected chi connectivity index (χ0v) is 11.6. The predicted molar refractivity (Wildman–Crippen MR) is 79.5 cm³/mol. The van der Waals surface area contributed by atoms with Gasteiger partial charge in [0.05, 0.1) is 12.8 Å². The van der Waals surface area contributed by atoms with E-state index in [1.807, 2.05) is 36.4 Å². The molecule has 0 aromatic heterocycles. The zero-order chi connectivity index (χ0) is 13.8. The fraction of sp³-hybridized carbons (Fsp3) is 0.188. The number of hydrogen-bond donors (Lipinski definition) is 0. The van der Waals surface area contributed by atoms with Gasteiger partial charge in [-0.15, -0.1) is 0 Å². The third-order valence-electron chi connectivity index (χ3n) is 3.13. The number of halogens is 1. The normalized spacial score (nSPS) is 13.2. The van der Waals surface area contributed by atoms with E-state index in [-0.39, 0.29) is 0 Å². The molecule has 0 spiro atoms. The molecule has 0 saturated carbocycles. The van der Waals surface area contributed by atoms with E-state index >= 15 is 0 Å². The van der Waals surface area contributed by atoms with Crippen molar-refractivity contribution in [2.45, 2.75) is 13.0 Å². The van der Waals surface area contributed by atoms with Crippen LogP contribution >= 0.6 is 11.6 Å². The summed E-state index contributed by atoms with van der Waals surface area (Å²) in [7, 11) is 0. The molecule has 0 unspecified atom stereocenters. The van der Waals surface area contributed by atoms with Crippen molar-refractivity contribution in [2.24, 2.45) is 5.16 Å². The maximum absolute atomic E-state index is 5.82. The Labute approximate surface area is 122 Å². The Morgan fingerprint density at radius 1 is 1.20 bits per heavy atom. The third kappa shape index (κ3) is 3.11. The van der Waals surface area contributed by atoms with Crippen LogP contribution in [0.3, 0.4) is 0 Å². The first kappa shape index (κ1) is 13.0. The average molecular weight is 288 g/mol. The smallest absolute Gasteiger partial charge is 0.142 e. The fourth-order valence-corrected chi connectivity index (χ4v) is 2.20. The van der Waals surface area contributed by atoms with E-state index in [4.69, 9.17) is 21.2 Å². The average Bonchev–Trinajstić information content (AvgIpc) is 2.93. The van der Waals surface area contributed by atoms with E-state index in [2.05, 4.69) is 11.2 Å². The van der Waals surface area contributed by atoms with Crippen LogP contribution in [0.1, 0.15) is 16.7 Å². The van der Waals surface area contributed by atoms with Crippen LogP contribution < -0.4 is 4.74 Å². The van der Waals surface area contributed by atoms with Crippen LogP contribution in [-0.4, -0.2) is 12.8 Å². The van der Waals surface area contributed by atoms with Crippen LogP contribution in [0.25, 0.3) is 0 Å². The molecule has 1 heterocycles. The lowest BCUT2D eigenvalue weighted by atomic mass is 10.1. The van der Waals surface area contributed by atoms with Gasteiger partial charge in [0.15, 0.2) is 0 Å². The van der Waals surface area contributed by atoms with Gasteiger partial charge < -0.3 is 9.57 Å². The van der Waals surface area contributed by atoms with E-state index in [9.17, 15) is 0 Å². The quantitative estimate of drug-likeness (QED) is 0.632. The molecule has 0 fully saturated rings. The highest BCUT2D eigenvalue weighted by Crippen LogP contribution is 2.25. The van der Waals surface area contributed by atoms with Gasteiger partial charge in [-0.3, -0.25) is 0 Å². The van der Waals surface area contributed by atoms with Crippen LogP contribution in [0, 0.1) is 0 Å². The highest BCUT2D eigenvalue weighted by atomic mass is 35.5. The van der Waals surface area contributed by atoms with E-state index in [0.717, 1.165) is 34.9 Å². The first-order valence-electron chi connectivity index (χ1n) is 6.47. The number of rotatable bonds is 4. The van der Waals surface area contributed by atoms with Crippen molar-refractivity contribution in [3.05, 3.63) is 64.2 Å². The summed E-state index contributed by atoms with van der Waals surface area (Å²) in [4.78, 5) is 5.28. The number of hydrogen-bond acceptors (Lipinski definition) is 3. The number of oxime groups is 1. The molecule has 0 amide bonds. The molecule has 20 heavy (non-hydrogen) atoms. The molecule has 0 N–H and O–H groups in total. The van der Waals surface area contributed by atoms with E-state index < -0.39 is 0 Å². The van der Waals surface area contributed by atoms with Crippen LogP contribution in [0.4, 0.5) is 0 Å². The van der Waals surface area contributed by atoms with E-state index in [1.54, 1.807) is 6.21 Å². The van der Waals surface area contributed by atoms with Crippen molar-refractivity contribution >= 4 is 17.8 Å². The van der Waals surface area contributed by atoms with Gasteiger partial charge in [-0.1, -0.05) is 28.9 Å². The molecule has 1 aliphatic rings. The molecule has 3 rings (SSSR count). The van der Waals surface area contributed by atoms with Gasteiger partial charge in [-0.25, -0.2) is 0 Å². The molecule has 0 atom stereocenters. The molecule has 0 radical (unpaired) electrons. The lowest BCUT2D eigenvalue weighted by Crippen LogP contribution is -1.89. The minimum absolute atomic E-state index is 0.432. The largest absolute Gasteiger partial charge is 0.493 e. The maximum Gasteiger partial charge on any atom is 0.142 e. The van der Waals surface area contributed by atoms with Crippen LogP contribution in [0.15, 0.2) is 47.6 Å². The highest BCUT2D eigenvalue weighted by Gasteiger charge is 2.11. The van der Waals surface area contributed by atoms with Crippen LogP contribution in [0.2, 0.25) is 5.02 Å². The number of benzene rings is 2. The van der Waals surface area contributed by atoms with Crippen molar-refractivity contribution in [1.29, 1.82) is 0 Å². The Bertz CT molecular complexity index is 623. The monoisotopic (exact) mass is 287 g/mol. The van der Waals surface area contributed by atoms with Gasteiger partial charge in [0.1, 0.15) is 12.4 Å². The Hall–Kier alpha value is -2.00. The Morgan fingerprint density at radius 3 is 2.90 bits per heavy atom. The van der Waals surface area contributed by atoms with Crippen molar-refractivity contribution in [3.63, 3.8) is 0 Å². The minimum atomic E-state index is 0.432. The predicted octanol–water partition coefficient (Wildman–Crippen LogP) is 3.83. The molecule has 0 saturated heterocycles. The van der Waals surface area contributed by atoms with Crippen LogP contribution in [0.5, 0.6) is 5.75 Å². The number of fused-ring (bicyclic) bond motifs is 1. The molecule has 2 aromatic carbocycles. The molecule has 0 bridgehead atoms. The summed E-state index contributed by atoms with van der Waals surface area (Å²) in [6.45, 7) is 1.20. The summed E-state index contributed by atoms with van der Waals surface area (Å²) in [5.74, 6) is 0.976. The molecule has 102 valence electrons. The first-order valence-corrected chi connectivity index (χ1v) is 6.84. The van der Waals surface area contributed by atoms with Gasteiger partial charge in [0.2, 0.25) is 0 Å². The Balaban J connectivity index is 1.56. The van der Waals surface area contributed by atoms with Gasteiger partial charge in [0.25, 0.3) is 0 Å². The summed E-state index contributed by atoms with van der Waals surface area (Å²) < 4.78 is 5.46. The maximum atomic E-state index is 5.82. The molecule has 0 aliphatic carbocycles. The molecular weight excluding hydrogens is 274 g/mol. The summed E-state index contributed by atoms with van der Waals surface area (Å²) in [6, 6.07) is 13.5. The molecule has 2 aromatic rings. The van der Waals surface area contributed by atoms with Crippen molar-refractivity contribution in [1.82, 2.24) is 0 Å². The zero-order valence-electron chi connectivity index (χ0n) is 10.9. The van der Waals surface area contributed by atoms with Gasteiger partial charge >= 0.3 is 0 Å². The molecule has 1 aliphatic heterocycles. The summed E-state index contributed by atoms with van der Waals surface area (Å²) >= 11 is 5.82. The second-order valence-electron chi connectivity index (χ2n) is 4.60. The number of nitrogens with zero attached hydrogens (tertiary/aromatic N) is 1. The van der Waals surface area contributed by atoms with Crippen molar-refractivity contribution in [3.8, 4) is 5.75 Å². The van der Waals surface area contributed by atoms with Crippen LogP contribution in [-0.2, 0) is 17.9 Å². The van der Waals surface area contributed by atoms with Crippen molar-refractivity contribution < 1.29 is 9.57 Å². The second kappa shape index (κ2) is 5.97. The van der Waals surface area contributed by atoms with Gasteiger partial charge in [0, 0.05) is 11.4 Å². The summed E-state index contributed by atoms with van der Waals surface area (Å²) in [6.07, 6.45) is 2.68. The Kier molecular flexibility index (Phi) is 3.88. The van der Waals surface area contributed by atoms with Crippen molar-refractivity contribution in [2.75, 3.05) is 6.61 Å². The summed E-state index contributed by atoms with van der Waals surface area (Å²) in [5.41, 5.74) is 3.28. The first-order chi connectivity index (χ1) is 9.81. The van der Waals surface area contributed by atoms with Gasteiger partial charge in [-0.2, -0.15) is 0 Å². The minimum Gasteiger partial charge on any atom is -0.493 e. The standard InChI is InChI=1S/C16H14ClNO2/c17-15-4-1-12(2-5-15)11-20-18-10-13-3-6-16-14(9-13)7-8-19-16/h1-6,9-10H,7-8,11H2/b18-10-. The number of ether oxygens (including phenoxy) is 1. The topological polar surface area (TPSA) is 30.8 Å². The van der Waals surface area contributed by atoms with E-state index in [1.165, 1.54) is 5.56 Å². The SMILES string of the molecule is Clc1ccc(CO/N=C\c2ccc3c(c2)CCO3)cc1. The summed E-state index contributed by atoms with van der Waals surface area (Å²) in [5, 5.41) is 4.71. The Morgan fingerprint density at radius 2 is 2.05 bits per heavy atom. The van der Waals surface area contributed by atoms with Gasteiger partial charge in [-0.05, 0) is 47.0 Å². The lowest BCUT2D eigenvalue weighted by molar-refractivity contribution is 0.132. The third-order valence-corrected chi connectivity index (χ3v) is 3.39. The molecule has 4 heteroatoms. The highest BCUT2D eigenvalue weighted by molar-refractivity contribution is 6.30. The van der Waals surface area contributed by atoms with E-state index in [0.29, 0.717) is 6.61 Å².